The van der Waals surface area contributed by atoms with Crippen LogP contribution in [0.1, 0.15) is 31.9 Å². The second kappa shape index (κ2) is 3.11. The fourth-order valence-electron chi connectivity index (χ4n) is 1.45. The summed E-state index contributed by atoms with van der Waals surface area (Å²) in [6, 6.07) is 0. The Morgan fingerprint density at radius 2 is 2.50 bits per heavy atom. The van der Waals surface area contributed by atoms with Crippen LogP contribution in [0.2, 0.25) is 0 Å². The molecule has 0 bridgehead atoms. The van der Waals surface area contributed by atoms with Gasteiger partial charge in [-0.25, -0.2) is 0 Å². The molecule has 0 aromatic carbocycles. The topological polar surface area (TPSA) is 37.8 Å². The minimum absolute atomic E-state index is 0.379. The standard InChI is InChI=1S/C8H13N3S/c1-8(3-2-4-8)9-5-7-6-12-11-10-7/h6,9H,2-5H2,1H3. The third-order valence-electron chi connectivity index (χ3n) is 2.56. The summed E-state index contributed by atoms with van der Waals surface area (Å²) < 4.78 is 3.82. The van der Waals surface area contributed by atoms with E-state index in [1.54, 1.807) is 0 Å². The van der Waals surface area contributed by atoms with Crippen LogP contribution in [0.5, 0.6) is 0 Å². The first-order valence-corrected chi connectivity index (χ1v) is 5.13. The largest absolute Gasteiger partial charge is 0.306 e. The van der Waals surface area contributed by atoms with Gasteiger partial charge in [0.1, 0.15) is 0 Å². The van der Waals surface area contributed by atoms with Gasteiger partial charge in [0.05, 0.1) is 5.69 Å². The summed E-state index contributed by atoms with van der Waals surface area (Å²) in [4.78, 5) is 0. The smallest absolute Gasteiger partial charge is 0.0893 e. The molecule has 0 atom stereocenters. The molecule has 4 heteroatoms. The molecule has 0 amide bonds. The highest BCUT2D eigenvalue weighted by atomic mass is 32.1. The molecule has 1 saturated carbocycles. The fourth-order valence-corrected chi connectivity index (χ4v) is 1.90. The van der Waals surface area contributed by atoms with E-state index in [4.69, 9.17) is 0 Å². The molecule has 66 valence electrons. The van der Waals surface area contributed by atoms with Crippen molar-refractivity contribution in [2.75, 3.05) is 0 Å². The first-order chi connectivity index (χ1) is 5.79. The Hall–Kier alpha value is -0.480. The summed E-state index contributed by atoms with van der Waals surface area (Å²) in [6.45, 7) is 3.14. The lowest BCUT2D eigenvalue weighted by atomic mass is 9.78. The number of rotatable bonds is 3. The molecule has 12 heavy (non-hydrogen) atoms. The Morgan fingerprint density at radius 1 is 1.67 bits per heavy atom. The summed E-state index contributed by atoms with van der Waals surface area (Å²) in [7, 11) is 0. The fraction of sp³-hybridized carbons (Fsp3) is 0.750. The van der Waals surface area contributed by atoms with Gasteiger partial charge in [-0.3, -0.25) is 0 Å². The Bertz CT molecular complexity index is 241. The molecule has 0 unspecified atom stereocenters. The normalized spacial score (nSPS) is 20.4. The molecule has 0 aliphatic heterocycles. The van der Waals surface area contributed by atoms with Gasteiger partial charge in [0.2, 0.25) is 0 Å². The van der Waals surface area contributed by atoms with Crippen molar-refractivity contribution < 1.29 is 0 Å². The second-order valence-corrected chi connectivity index (χ2v) is 4.27. The van der Waals surface area contributed by atoms with Gasteiger partial charge in [0.25, 0.3) is 0 Å². The second-order valence-electron chi connectivity index (χ2n) is 3.66. The Balaban J connectivity index is 1.82. The summed E-state index contributed by atoms with van der Waals surface area (Å²) in [6.07, 6.45) is 3.95. The zero-order valence-electron chi connectivity index (χ0n) is 7.21. The van der Waals surface area contributed by atoms with E-state index in [0.29, 0.717) is 5.54 Å². The maximum atomic E-state index is 3.98. The van der Waals surface area contributed by atoms with Crippen molar-refractivity contribution in [2.24, 2.45) is 0 Å². The van der Waals surface area contributed by atoms with E-state index in [-0.39, 0.29) is 0 Å². The molecule has 1 N–H and O–H groups in total. The van der Waals surface area contributed by atoms with Gasteiger partial charge in [-0.2, -0.15) is 0 Å². The first kappa shape index (κ1) is 8.13. The molecule has 1 heterocycles. The van der Waals surface area contributed by atoms with Crippen LogP contribution in [0.3, 0.4) is 0 Å². The molecular formula is C8H13N3S. The van der Waals surface area contributed by atoms with Crippen LogP contribution >= 0.6 is 11.5 Å². The summed E-state index contributed by atoms with van der Waals surface area (Å²) in [5.41, 5.74) is 1.44. The molecule has 0 spiro atoms. The minimum Gasteiger partial charge on any atom is -0.306 e. The predicted molar refractivity (Wildman–Crippen MR) is 49.0 cm³/mol. The number of hydrogen-bond donors (Lipinski definition) is 1. The molecule has 1 aliphatic carbocycles. The lowest BCUT2D eigenvalue weighted by Crippen LogP contribution is -2.47. The molecule has 1 fully saturated rings. The van der Waals surface area contributed by atoms with Crippen LogP contribution in [-0.2, 0) is 6.54 Å². The van der Waals surface area contributed by atoms with E-state index >= 15 is 0 Å². The number of nitrogens with one attached hydrogen (secondary N) is 1. The maximum absolute atomic E-state index is 3.98. The van der Waals surface area contributed by atoms with E-state index in [1.165, 1.54) is 30.8 Å². The van der Waals surface area contributed by atoms with Gasteiger partial charge < -0.3 is 5.32 Å². The summed E-state index contributed by atoms with van der Waals surface area (Å²) >= 11 is 1.41. The average molecular weight is 183 g/mol. The van der Waals surface area contributed by atoms with Crippen molar-refractivity contribution in [3.05, 3.63) is 11.1 Å². The van der Waals surface area contributed by atoms with Crippen LogP contribution < -0.4 is 5.32 Å². The molecule has 1 aliphatic rings. The molecule has 0 radical (unpaired) electrons. The van der Waals surface area contributed by atoms with Crippen molar-refractivity contribution in [3.63, 3.8) is 0 Å². The van der Waals surface area contributed by atoms with Crippen molar-refractivity contribution in [1.82, 2.24) is 14.9 Å². The Morgan fingerprint density at radius 3 is 3.00 bits per heavy atom. The molecule has 1 aromatic heterocycles. The van der Waals surface area contributed by atoms with Gasteiger partial charge in [-0.15, -0.1) is 5.10 Å². The predicted octanol–water partition coefficient (Wildman–Crippen LogP) is 1.57. The van der Waals surface area contributed by atoms with Gasteiger partial charge in [0, 0.05) is 17.5 Å². The van der Waals surface area contributed by atoms with Crippen molar-refractivity contribution in [3.8, 4) is 0 Å². The number of nitrogens with zero attached hydrogens (tertiary/aromatic N) is 2. The molecule has 1 aromatic rings. The average Bonchev–Trinajstić information content (AvgIpc) is 2.49. The summed E-state index contributed by atoms with van der Waals surface area (Å²) in [5.74, 6) is 0. The van der Waals surface area contributed by atoms with Crippen LogP contribution in [0.4, 0.5) is 0 Å². The van der Waals surface area contributed by atoms with Gasteiger partial charge in [0.15, 0.2) is 0 Å². The maximum Gasteiger partial charge on any atom is 0.0893 e. The zero-order valence-corrected chi connectivity index (χ0v) is 8.02. The van der Waals surface area contributed by atoms with E-state index in [1.807, 2.05) is 5.38 Å². The number of aromatic nitrogens is 2. The highest BCUT2D eigenvalue weighted by molar-refractivity contribution is 7.03. The highest BCUT2D eigenvalue weighted by Crippen LogP contribution is 2.30. The van der Waals surface area contributed by atoms with Crippen LogP contribution in [-0.4, -0.2) is 15.1 Å². The van der Waals surface area contributed by atoms with Crippen LogP contribution in [0, 0.1) is 0 Å². The van der Waals surface area contributed by atoms with E-state index in [9.17, 15) is 0 Å². The third kappa shape index (κ3) is 1.64. The third-order valence-corrected chi connectivity index (χ3v) is 3.11. The summed E-state index contributed by atoms with van der Waals surface area (Å²) in [5, 5.41) is 9.48. The van der Waals surface area contributed by atoms with Crippen molar-refractivity contribution in [2.45, 2.75) is 38.3 Å². The lowest BCUT2D eigenvalue weighted by molar-refractivity contribution is 0.206. The van der Waals surface area contributed by atoms with Gasteiger partial charge in [-0.1, -0.05) is 4.49 Å². The Labute approximate surface area is 76.4 Å². The minimum atomic E-state index is 0.379. The monoisotopic (exact) mass is 183 g/mol. The zero-order chi connectivity index (χ0) is 8.44. The number of hydrogen-bond acceptors (Lipinski definition) is 4. The van der Waals surface area contributed by atoms with E-state index in [2.05, 4.69) is 21.8 Å². The van der Waals surface area contributed by atoms with Gasteiger partial charge >= 0.3 is 0 Å². The van der Waals surface area contributed by atoms with Crippen molar-refractivity contribution >= 4 is 11.5 Å². The SMILES string of the molecule is CC1(NCc2csnn2)CCC1. The van der Waals surface area contributed by atoms with E-state index < -0.39 is 0 Å². The molecular weight excluding hydrogens is 170 g/mol. The Kier molecular flexibility index (Phi) is 2.11. The highest BCUT2D eigenvalue weighted by Gasteiger charge is 2.30. The van der Waals surface area contributed by atoms with E-state index in [0.717, 1.165) is 12.2 Å². The lowest BCUT2D eigenvalue weighted by Gasteiger charge is -2.39. The first-order valence-electron chi connectivity index (χ1n) is 4.29. The van der Waals surface area contributed by atoms with Gasteiger partial charge in [-0.05, 0) is 37.7 Å². The van der Waals surface area contributed by atoms with Crippen molar-refractivity contribution in [1.29, 1.82) is 0 Å². The van der Waals surface area contributed by atoms with Crippen LogP contribution in [0.25, 0.3) is 0 Å². The quantitative estimate of drug-likeness (QED) is 0.773. The molecule has 3 nitrogen and oxygen atoms in total. The molecule has 2 rings (SSSR count). The molecule has 0 saturated heterocycles. The van der Waals surface area contributed by atoms with Crippen LogP contribution in [0.15, 0.2) is 5.38 Å².